The lowest BCUT2D eigenvalue weighted by Crippen LogP contribution is -2.43. The number of hydrogen-bond acceptors (Lipinski definition) is 5. The van der Waals surface area contributed by atoms with Crippen LogP contribution in [0.5, 0.6) is 5.75 Å². The first-order valence-corrected chi connectivity index (χ1v) is 10.7. The van der Waals surface area contributed by atoms with Gasteiger partial charge in [-0.25, -0.2) is 13.1 Å². The molecule has 3 N–H and O–H groups in total. The fourth-order valence-corrected chi connectivity index (χ4v) is 4.77. The number of nitrogens with one attached hydrogen (secondary N) is 3. The van der Waals surface area contributed by atoms with Crippen molar-refractivity contribution in [1.82, 2.24) is 15.4 Å². The van der Waals surface area contributed by atoms with E-state index in [0.717, 1.165) is 17.7 Å². The number of aliphatic imine (C=N–C) groups is 1. The maximum atomic E-state index is 12.1. The number of fused-ring (bicyclic) bond motifs is 1. The van der Waals surface area contributed by atoms with Crippen molar-refractivity contribution >= 4 is 51.3 Å². The Balaban J connectivity index is 0.00000261. The lowest BCUT2D eigenvalue weighted by molar-refractivity contribution is 0.261. The third kappa shape index (κ3) is 5.80. The van der Waals surface area contributed by atoms with E-state index in [0.29, 0.717) is 23.3 Å². The summed E-state index contributed by atoms with van der Waals surface area (Å²) in [6.07, 6.45) is 0.836. The molecule has 3 rings (SSSR count). The SMILES string of the molecule is CN=C(NCCNS(=O)(=O)c1cccs1)NC1CCOc2ccccc21.I. The molecular weight excluding hydrogens is 499 g/mol. The first kappa shape index (κ1) is 21.9. The smallest absolute Gasteiger partial charge is 0.250 e. The van der Waals surface area contributed by atoms with Crippen molar-refractivity contribution in [3.05, 3.63) is 47.3 Å². The highest BCUT2D eigenvalue weighted by atomic mass is 127. The van der Waals surface area contributed by atoms with Gasteiger partial charge in [-0.3, -0.25) is 4.99 Å². The van der Waals surface area contributed by atoms with E-state index >= 15 is 0 Å². The number of hydrogen-bond donors (Lipinski definition) is 3. The molecule has 148 valence electrons. The summed E-state index contributed by atoms with van der Waals surface area (Å²) in [6.45, 7) is 1.34. The highest BCUT2D eigenvalue weighted by Crippen LogP contribution is 2.31. The van der Waals surface area contributed by atoms with Crippen molar-refractivity contribution in [2.45, 2.75) is 16.7 Å². The second kappa shape index (κ2) is 10.2. The number of thiophene rings is 1. The van der Waals surface area contributed by atoms with E-state index in [-0.39, 0.29) is 36.6 Å². The molecule has 0 spiro atoms. The number of para-hydroxylation sites is 1. The molecule has 1 unspecified atom stereocenters. The van der Waals surface area contributed by atoms with Gasteiger partial charge in [0.2, 0.25) is 10.0 Å². The lowest BCUT2D eigenvalue weighted by atomic mass is 10.0. The molecule has 10 heteroatoms. The Labute approximate surface area is 180 Å². The topological polar surface area (TPSA) is 91.8 Å². The van der Waals surface area contributed by atoms with Gasteiger partial charge in [0.05, 0.1) is 12.6 Å². The molecule has 1 atom stereocenters. The van der Waals surface area contributed by atoms with Gasteiger partial charge in [0.15, 0.2) is 5.96 Å². The largest absolute Gasteiger partial charge is 0.493 e. The number of ether oxygens (including phenoxy) is 1. The van der Waals surface area contributed by atoms with Gasteiger partial charge in [-0.05, 0) is 17.5 Å². The Morgan fingerprint density at radius 2 is 2.07 bits per heavy atom. The molecule has 1 aromatic heterocycles. The lowest BCUT2D eigenvalue weighted by Gasteiger charge is -2.28. The fourth-order valence-electron chi connectivity index (χ4n) is 2.71. The summed E-state index contributed by atoms with van der Waals surface area (Å²) in [5.41, 5.74) is 1.10. The van der Waals surface area contributed by atoms with Crippen molar-refractivity contribution in [3.63, 3.8) is 0 Å². The first-order chi connectivity index (χ1) is 12.6. The second-order valence-corrected chi connectivity index (χ2v) is 8.64. The maximum absolute atomic E-state index is 12.1. The van der Waals surface area contributed by atoms with Crippen LogP contribution >= 0.6 is 35.3 Å². The van der Waals surface area contributed by atoms with Crippen molar-refractivity contribution < 1.29 is 13.2 Å². The minimum atomic E-state index is -3.44. The van der Waals surface area contributed by atoms with Gasteiger partial charge >= 0.3 is 0 Å². The van der Waals surface area contributed by atoms with E-state index in [1.807, 2.05) is 24.3 Å². The minimum absolute atomic E-state index is 0. The second-order valence-electron chi connectivity index (χ2n) is 5.70. The summed E-state index contributed by atoms with van der Waals surface area (Å²) in [5.74, 6) is 1.51. The van der Waals surface area contributed by atoms with Crippen LogP contribution in [0.25, 0.3) is 0 Å². The van der Waals surface area contributed by atoms with Crippen LogP contribution in [0.15, 0.2) is 51.0 Å². The van der Waals surface area contributed by atoms with Crippen LogP contribution in [0.2, 0.25) is 0 Å². The summed E-state index contributed by atoms with van der Waals surface area (Å²) in [5, 5.41) is 8.25. The summed E-state index contributed by atoms with van der Waals surface area (Å²) in [4.78, 5) is 4.22. The van der Waals surface area contributed by atoms with E-state index in [2.05, 4.69) is 20.3 Å². The quantitative estimate of drug-likeness (QED) is 0.235. The van der Waals surface area contributed by atoms with Gasteiger partial charge in [-0.1, -0.05) is 24.3 Å². The first-order valence-electron chi connectivity index (χ1n) is 8.32. The molecule has 1 aliphatic rings. The molecule has 0 amide bonds. The van der Waals surface area contributed by atoms with Crippen LogP contribution in [0.3, 0.4) is 0 Å². The molecule has 0 bridgehead atoms. The van der Waals surface area contributed by atoms with E-state index < -0.39 is 10.0 Å². The molecule has 7 nitrogen and oxygen atoms in total. The van der Waals surface area contributed by atoms with Crippen molar-refractivity contribution in [1.29, 1.82) is 0 Å². The molecule has 2 heterocycles. The summed E-state index contributed by atoms with van der Waals surface area (Å²) in [7, 11) is -1.75. The molecule has 0 saturated heterocycles. The fraction of sp³-hybridized carbons (Fsp3) is 0.353. The number of benzene rings is 1. The van der Waals surface area contributed by atoms with Crippen LogP contribution in [-0.2, 0) is 10.0 Å². The van der Waals surface area contributed by atoms with Gasteiger partial charge in [-0.2, -0.15) is 0 Å². The summed E-state index contributed by atoms with van der Waals surface area (Å²) < 4.78 is 32.7. The predicted molar refractivity (Wildman–Crippen MR) is 119 cm³/mol. The molecule has 1 aromatic carbocycles. The van der Waals surface area contributed by atoms with Gasteiger partial charge in [-0.15, -0.1) is 35.3 Å². The van der Waals surface area contributed by atoms with Crippen LogP contribution in [0, 0.1) is 0 Å². The monoisotopic (exact) mass is 522 g/mol. The summed E-state index contributed by atoms with van der Waals surface area (Å²) >= 11 is 1.20. The molecule has 2 aromatic rings. The average Bonchev–Trinajstić information content (AvgIpc) is 3.20. The zero-order valence-corrected chi connectivity index (χ0v) is 18.8. The van der Waals surface area contributed by atoms with Gasteiger partial charge in [0, 0.05) is 32.1 Å². The molecule has 27 heavy (non-hydrogen) atoms. The van der Waals surface area contributed by atoms with Crippen molar-refractivity contribution in [3.8, 4) is 5.75 Å². The molecule has 0 saturated carbocycles. The Hall–Kier alpha value is -1.37. The number of nitrogens with zero attached hydrogens (tertiary/aromatic N) is 1. The van der Waals surface area contributed by atoms with E-state index in [1.165, 1.54) is 11.3 Å². The number of sulfonamides is 1. The number of guanidine groups is 1. The van der Waals surface area contributed by atoms with Gasteiger partial charge < -0.3 is 15.4 Å². The molecule has 0 radical (unpaired) electrons. The average molecular weight is 522 g/mol. The Kier molecular flexibility index (Phi) is 8.32. The molecule has 0 aliphatic carbocycles. The van der Waals surface area contributed by atoms with E-state index in [4.69, 9.17) is 4.74 Å². The van der Waals surface area contributed by atoms with Gasteiger partial charge in [0.25, 0.3) is 0 Å². The predicted octanol–water partition coefficient (Wildman–Crippen LogP) is 2.33. The molecule has 0 fully saturated rings. The normalized spacial score (nSPS) is 16.6. The van der Waals surface area contributed by atoms with Crippen LogP contribution < -0.4 is 20.1 Å². The molecular formula is C17H23IN4O3S2. The van der Waals surface area contributed by atoms with Crippen molar-refractivity contribution in [2.24, 2.45) is 4.99 Å². The number of rotatable bonds is 6. The van der Waals surface area contributed by atoms with Gasteiger partial charge in [0.1, 0.15) is 9.96 Å². The third-order valence-electron chi connectivity index (χ3n) is 3.96. The highest BCUT2D eigenvalue weighted by molar-refractivity contribution is 14.0. The van der Waals surface area contributed by atoms with E-state index in [1.54, 1.807) is 24.6 Å². The zero-order valence-electron chi connectivity index (χ0n) is 14.8. The standard InChI is InChI=1S/C17H22N4O3S2.HI/c1-18-17(19-9-10-20-26(22,23)16-7-4-12-25-16)21-14-8-11-24-15-6-3-2-5-13(14)15;/h2-7,12,14,20H,8-11H2,1H3,(H2,18,19,21);1H. The maximum Gasteiger partial charge on any atom is 0.250 e. The summed E-state index contributed by atoms with van der Waals surface area (Å²) in [6, 6.07) is 11.3. The Morgan fingerprint density at radius 1 is 1.26 bits per heavy atom. The van der Waals surface area contributed by atoms with Crippen LogP contribution in [0.1, 0.15) is 18.0 Å². The zero-order chi connectivity index (χ0) is 18.4. The van der Waals surface area contributed by atoms with E-state index in [9.17, 15) is 8.42 Å². The third-order valence-corrected chi connectivity index (χ3v) is 6.82. The minimum Gasteiger partial charge on any atom is -0.493 e. The van der Waals surface area contributed by atoms with Crippen LogP contribution in [-0.4, -0.2) is 41.1 Å². The van der Waals surface area contributed by atoms with Crippen LogP contribution in [0.4, 0.5) is 0 Å². The van der Waals surface area contributed by atoms with Crippen molar-refractivity contribution in [2.75, 3.05) is 26.7 Å². The molecule has 1 aliphatic heterocycles. The number of halogens is 1. The highest BCUT2D eigenvalue weighted by Gasteiger charge is 2.21. The Morgan fingerprint density at radius 3 is 2.81 bits per heavy atom. The Bertz CT molecular complexity index is 857.